The Kier molecular flexibility index (Phi) is 7.11. The minimum atomic E-state index is -0.469. The number of hydrogen-bond donors (Lipinski definition) is 3. The summed E-state index contributed by atoms with van der Waals surface area (Å²) in [5.74, 6) is 1.11. The number of fused-ring (bicyclic) bond motifs is 1. The van der Waals surface area contributed by atoms with Gasteiger partial charge in [-0.1, -0.05) is 0 Å². The summed E-state index contributed by atoms with van der Waals surface area (Å²) in [6, 6.07) is 9.27. The van der Waals surface area contributed by atoms with Crippen LogP contribution in [-0.2, 0) is 13.0 Å². The number of nitrogens with zero attached hydrogens (tertiary/aromatic N) is 1. The van der Waals surface area contributed by atoms with Gasteiger partial charge in [0.25, 0.3) is 0 Å². The lowest BCUT2D eigenvalue weighted by molar-refractivity contribution is 0.398. The van der Waals surface area contributed by atoms with Gasteiger partial charge in [-0.3, -0.25) is 4.99 Å². The van der Waals surface area contributed by atoms with Gasteiger partial charge in [0.2, 0.25) is 0 Å². The molecule has 0 saturated carbocycles. The molecular formula is C22H26F2N4O2. The van der Waals surface area contributed by atoms with Crippen LogP contribution in [0.15, 0.2) is 41.4 Å². The zero-order chi connectivity index (χ0) is 21.5. The second-order valence-electron chi connectivity index (χ2n) is 6.78. The van der Waals surface area contributed by atoms with E-state index in [2.05, 4.69) is 26.7 Å². The number of benzene rings is 2. The lowest BCUT2D eigenvalue weighted by Gasteiger charge is -2.12. The molecule has 8 heteroatoms. The zero-order valence-corrected chi connectivity index (χ0v) is 17.3. The number of guanidine groups is 1. The van der Waals surface area contributed by atoms with Crippen LogP contribution in [0.4, 0.5) is 8.78 Å². The highest BCUT2D eigenvalue weighted by atomic mass is 19.1. The van der Waals surface area contributed by atoms with Gasteiger partial charge in [-0.15, -0.1) is 0 Å². The van der Waals surface area contributed by atoms with Crippen molar-refractivity contribution in [2.45, 2.75) is 19.4 Å². The number of hydrogen-bond acceptors (Lipinski definition) is 3. The van der Waals surface area contributed by atoms with E-state index in [-0.39, 0.29) is 12.1 Å². The SMILES string of the molecule is CN=C(NCCCc1cc2c(OC)cc(OC)cc2[nH]1)NCc1cc(F)ccc1F. The zero-order valence-electron chi connectivity index (χ0n) is 17.3. The van der Waals surface area contributed by atoms with E-state index in [1.807, 2.05) is 12.1 Å². The predicted octanol–water partition coefficient (Wildman–Crippen LogP) is 3.76. The summed E-state index contributed by atoms with van der Waals surface area (Å²) < 4.78 is 37.7. The molecule has 1 aromatic heterocycles. The fraction of sp³-hybridized carbons (Fsp3) is 0.318. The predicted molar refractivity (Wildman–Crippen MR) is 114 cm³/mol. The lowest BCUT2D eigenvalue weighted by Crippen LogP contribution is -2.37. The Morgan fingerprint density at radius 2 is 1.90 bits per heavy atom. The molecule has 2 aromatic carbocycles. The number of aromatic amines is 1. The standard InChI is InChI=1S/C22H26F2N4O2/c1-25-22(27-13-14-9-15(23)6-7-19(14)24)26-8-4-5-16-10-18-20(28-16)11-17(29-2)12-21(18)30-3/h6-7,9-12,28H,4-5,8,13H2,1-3H3,(H2,25,26,27). The van der Waals surface area contributed by atoms with E-state index in [0.717, 1.165) is 53.1 Å². The molecule has 0 radical (unpaired) electrons. The summed E-state index contributed by atoms with van der Waals surface area (Å²) in [5.41, 5.74) is 2.30. The molecule has 30 heavy (non-hydrogen) atoms. The van der Waals surface area contributed by atoms with Crippen molar-refractivity contribution in [1.82, 2.24) is 15.6 Å². The summed E-state index contributed by atoms with van der Waals surface area (Å²) in [7, 11) is 4.90. The highest BCUT2D eigenvalue weighted by molar-refractivity contribution is 5.88. The number of nitrogens with one attached hydrogen (secondary N) is 3. The van der Waals surface area contributed by atoms with Crippen LogP contribution in [0.2, 0.25) is 0 Å². The molecule has 160 valence electrons. The number of methoxy groups -OCH3 is 2. The number of halogens is 2. The van der Waals surface area contributed by atoms with Crippen LogP contribution < -0.4 is 20.1 Å². The molecule has 6 nitrogen and oxygen atoms in total. The normalized spacial score (nSPS) is 11.6. The first-order chi connectivity index (χ1) is 14.5. The van der Waals surface area contributed by atoms with E-state index < -0.39 is 11.6 Å². The molecule has 3 N–H and O–H groups in total. The third-order valence-electron chi connectivity index (χ3n) is 4.78. The first-order valence-electron chi connectivity index (χ1n) is 9.66. The van der Waals surface area contributed by atoms with Gasteiger partial charge in [0.15, 0.2) is 5.96 Å². The quantitative estimate of drug-likeness (QED) is 0.297. The first kappa shape index (κ1) is 21.4. The van der Waals surface area contributed by atoms with Gasteiger partial charge in [0.05, 0.1) is 19.7 Å². The Labute approximate surface area is 174 Å². The second-order valence-corrected chi connectivity index (χ2v) is 6.78. The minimum absolute atomic E-state index is 0.146. The van der Waals surface area contributed by atoms with Crippen molar-refractivity contribution in [3.63, 3.8) is 0 Å². The molecule has 0 bridgehead atoms. The van der Waals surface area contributed by atoms with Crippen molar-refractivity contribution in [1.29, 1.82) is 0 Å². The molecular weight excluding hydrogens is 390 g/mol. The van der Waals surface area contributed by atoms with E-state index >= 15 is 0 Å². The Bertz CT molecular complexity index is 1030. The van der Waals surface area contributed by atoms with Gasteiger partial charge in [-0.2, -0.15) is 0 Å². The highest BCUT2D eigenvalue weighted by Crippen LogP contribution is 2.31. The van der Waals surface area contributed by atoms with Gasteiger partial charge in [-0.05, 0) is 37.1 Å². The van der Waals surface area contributed by atoms with Crippen LogP contribution >= 0.6 is 0 Å². The molecule has 0 spiro atoms. The van der Waals surface area contributed by atoms with Crippen molar-refractivity contribution < 1.29 is 18.3 Å². The fourth-order valence-corrected chi connectivity index (χ4v) is 3.22. The lowest BCUT2D eigenvalue weighted by atomic mass is 10.2. The fourth-order valence-electron chi connectivity index (χ4n) is 3.22. The van der Waals surface area contributed by atoms with Crippen LogP contribution in [0.3, 0.4) is 0 Å². The molecule has 1 heterocycles. The van der Waals surface area contributed by atoms with Crippen LogP contribution in [0.1, 0.15) is 17.7 Å². The van der Waals surface area contributed by atoms with Crippen molar-refractivity contribution in [3.8, 4) is 11.5 Å². The van der Waals surface area contributed by atoms with E-state index in [1.165, 1.54) is 6.07 Å². The van der Waals surface area contributed by atoms with E-state index in [0.29, 0.717) is 12.5 Å². The summed E-state index contributed by atoms with van der Waals surface area (Å²) in [5, 5.41) is 7.19. The van der Waals surface area contributed by atoms with Crippen LogP contribution in [0, 0.1) is 11.6 Å². The monoisotopic (exact) mass is 416 g/mol. The van der Waals surface area contributed by atoms with E-state index in [4.69, 9.17) is 9.47 Å². The maximum atomic E-state index is 13.7. The van der Waals surface area contributed by atoms with Crippen molar-refractivity contribution in [2.75, 3.05) is 27.8 Å². The van der Waals surface area contributed by atoms with Gasteiger partial charge in [0.1, 0.15) is 23.1 Å². The third kappa shape index (κ3) is 5.20. The smallest absolute Gasteiger partial charge is 0.191 e. The molecule has 3 rings (SSSR count). The average Bonchev–Trinajstić information content (AvgIpc) is 3.17. The molecule has 0 aliphatic rings. The summed E-state index contributed by atoms with van der Waals surface area (Å²) in [6.45, 7) is 0.814. The third-order valence-corrected chi connectivity index (χ3v) is 4.78. The number of aromatic nitrogens is 1. The van der Waals surface area contributed by atoms with Crippen LogP contribution in [-0.4, -0.2) is 38.8 Å². The van der Waals surface area contributed by atoms with Gasteiger partial charge < -0.3 is 25.1 Å². The molecule has 3 aromatic rings. The number of rotatable bonds is 8. The van der Waals surface area contributed by atoms with E-state index in [9.17, 15) is 8.78 Å². The first-order valence-corrected chi connectivity index (χ1v) is 9.66. The molecule has 0 atom stereocenters. The van der Waals surface area contributed by atoms with Gasteiger partial charge in [0, 0.05) is 48.9 Å². The summed E-state index contributed by atoms with van der Waals surface area (Å²) in [4.78, 5) is 7.51. The molecule has 0 fully saturated rings. The maximum absolute atomic E-state index is 13.7. The van der Waals surface area contributed by atoms with Crippen LogP contribution in [0.5, 0.6) is 11.5 Å². The number of ether oxygens (including phenoxy) is 2. The largest absolute Gasteiger partial charge is 0.497 e. The highest BCUT2D eigenvalue weighted by Gasteiger charge is 2.09. The molecule has 0 unspecified atom stereocenters. The number of H-pyrrole nitrogens is 1. The van der Waals surface area contributed by atoms with Crippen molar-refractivity contribution in [3.05, 3.63) is 59.3 Å². The molecule has 0 aliphatic heterocycles. The number of aliphatic imine (C=N–C) groups is 1. The van der Waals surface area contributed by atoms with Gasteiger partial charge in [-0.25, -0.2) is 8.78 Å². The maximum Gasteiger partial charge on any atom is 0.191 e. The molecule has 0 aliphatic carbocycles. The van der Waals surface area contributed by atoms with Gasteiger partial charge >= 0.3 is 0 Å². The topological polar surface area (TPSA) is 70.7 Å². The Hall–Kier alpha value is -3.29. The number of aryl methyl sites for hydroxylation is 1. The minimum Gasteiger partial charge on any atom is -0.497 e. The van der Waals surface area contributed by atoms with Crippen molar-refractivity contribution in [2.24, 2.45) is 4.99 Å². The van der Waals surface area contributed by atoms with E-state index in [1.54, 1.807) is 21.3 Å². The average molecular weight is 416 g/mol. The Morgan fingerprint density at radius 3 is 2.63 bits per heavy atom. The summed E-state index contributed by atoms with van der Waals surface area (Å²) >= 11 is 0. The summed E-state index contributed by atoms with van der Waals surface area (Å²) in [6.07, 6.45) is 1.67. The molecule has 0 amide bonds. The Balaban J connectivity index is 1.51. The Morgan fingerprint density at radius 1 is 1.07 bits per heavy atom. The second kappa shape index (κ2) is 9.96. The van der Waals surface area contributed by atoms with Crippen molar-refractivity contribution >= 4 is 16.9 Å². The molecule has 0 saturated heterocycles. The van der Waals surface area contributed by atoms with Crippen LogP contribution in [0.25, 0.3) is 10.9 Å².